The summed E-state index contributed by atoms with van der Waals surface area (Å²) in [4.78, 5) is 11.5. The van der Waals surface area contributed by atoms with Gasteiger partial charge in [-0.15, -0.1) is 0 Å². The van der Waals surface area contributed by atoms with Gasteiger partial charge in [0.2, 0.25) is 0 Å². The monoisotopic (exact) mass is 401 g/mol. The average Bonchev–Trinajstić information content (AvgIpc) is 2.69. The third-order valence-electron chi connectivity index (χ3n) is 4.85. The van der Waals surface area contributed by atoms with E-state index in [-0.39, 0.29) is 24.4 Å². The zero-order chi connectivity index (χ0) is 21.4. The van der Waals surface area contributed by atoms with E-state index < -0.39 is 6.10 Å². The van der Waals surface area contributed by atoms with Gasteiger partial charge in [-0.25, -0.2) is 4.79 Å². The molecule has 6 heteroatoms. The third-order valence-corrected chi connectivity index (χ3v) is 4.85. The maximum Gasteiger partial charge on any atom is 0.344 e. The highest BCUT2D eigenvalue weighted by Gasteiger charge is 2.16. The maximum atomic E-state index is 11.5. The van der Waals surface area contributed by atoms with Crippen LogP contribution in [0.5, 0.6) is 11.5 Å². The van der Waals surface area contributed by atoms with Crippen molar-refractivity contribution in [1.82, 2.24) is 5.32 Å². The first-order valence-corrected chi connectivity index (χ1v) is 9.90. The largest absolute Gasteiger partial charge is 0.508 e. The number of phenols is 1. The van der Waals surface area contributed by atoms with Gasteiger partial charge in [0.1, 0.15) is 11.5 Å². The van der Waals surface area contributed by atoms with Crippen LogP contribution >= 0.6 is 0 Å². The van der Waals surface area contributed by atoms with Crippen molar-refractivity contribution < 1.29 is 24.5 Å². The number of hydrogen-bond donors (Lipinski definition) is 3. The Bertz CT molecular complexity index is 804. The summed E-state index contributed by atoms with van der Waals surface area (Å²) in [5, 5.41) is 23.2. The first-order chi connectivity index (χ1) is 13.8. The molecular formula is C23H31NO5. The van der Waals surface area contributed by atoms with Gasteiger partial charge in [-0.05, 0) is 81.1 Å². The van der Waals surface area contributed by atoms with Gasteiger partial charge in [0.05, 0.1) is 12.7 Å². The van der Waals surface area contributed by atoms with Crippen LogP contribution in [-0.4, -0.2) is 42.0 Å². The molecule has 0 bridgehead atoms. The Morgan fingerprint density at radius 1 is 1.14 bits per heavy atom. The molecule has 0 radical (unpaired) electrons. The molecule has 3 N–H and O–H groups in total. The smallest absolute Gasteiger partial charge is 0.344 e. The van der Waals surface area contributed by atoms with Crippen LogP contribution in [0.2, 0.25) is 0 Å². The molecule has 0 heterocycles. The molecule has 0 aromatic heterocycles. The van der Waals surface area contributed by atoms with Crippen molar-refractivity contribution in [3.05, 3.63) is 58.7 Å². The van der Waals surface area contributed by atoms with E-state index in [1.165, 1.54) is 5.56 Å². The predicted octanol–water partition coefficient (Wildman–Crippen LogP) is 3.21. The molecule has 2 aromatic rings. The van der Waals surface area contributed by atoms with Crippen LogP contribution in [0.1, 0.15) is 42.2 Å². The molecule has 0 spiro atoms. The number of hydrogen-bond acceptors (Lipinski definition) is 6. The van der Waals surface area contributed by atoms with Crippen LogP contribution in [0.25, 0.3) is 0 Å². The van der Waals surface area contributed by atoms with Crippen molar-refractivity contribution in [2.45, 2.75) is 46.3 Å². The number of aliphatic hydroxyl groups excluding tert-OH is 1. The summed E-state index contributed by atoms with van der Waals surface area (Å²) in [5.74, 6) is 0.490. The molecule has 0 amide bonds. The van der Waals surface area contributed by atoms with Gasteiger partial charge >= 0.3 is 5.97 Å². The van der Waals surface area contributed by atoms with E-state index in [0.717, 1.165) is 23.1 Å². The lowest BCUT2D eigenvalue weighted by atomic mass is 10.0. The van der Waals surface area contributed by atoms with E-state index in [9.17, 15) is 15.0 Å². The average molecular weight is 402 g/mol. The van der Waals surface area contributed by atoms with Gasteiger partial charge in [0.15, 0.2) is 6.61 Å². The number of ether oxygens (including phenoxy) is 2. The van der Waals surface area contributed by atoms with E-state index in [0.29, 0.717) is 18.9 Å². The summed E-state index contributed by atoms with van der Waals surface area (Å²) in [5.41, 5.74) is 4.00. The Kier molecular flexibility index (Phi) is 8.49. The SMILES string of the molecule is CCOC(=O)COc1cc(C)c(CCN[C@@H](C)[C@@H](O)c2ccc(O)cc2)cc1C. The zero-order valence-electron chi connectivity index (χ0n) is 17.6. The van der Waals surface area contributed by atoms with Crippen LogP contribution in [0.3, 0.4) is 0 Å². The van der Waals surface area contributed by atoms with Crippen molar-refractivity contribution in [2.75, 3.05) is 19.8 Å². The van der Waals surface area contributed by atoms with E-state index in [1.54, 1.807) is 31.2 Å². The molecule has 158 valence electrons. The highest BCUT2D eigenvalue weighted by Crippen LogP contribution is 2.24. The van der Waals surface area contributed by atoms with E-state index >= 15 is 0 Å². The molecule has 2 aromatic carbocycles. The fraction of sp³-hybridized carbons (Fsp3) is 0.435. The van der Waals surface area contributed by atoms with Crippen molar-refractivity contribution in [3.63, 3.8) is 0 Å². The number of benzene rings is 2. The normalized spacial score (nSPS) is 13.0. The number of nitrogens with one attached hydrogen (secondary N) is 1. The highest BCUT2D eigenvalue weighted by molar-refractivity contribution is 5.71. The summed E-state index contributed by atoms with van der Waals surface area (Å²) in [6, 6.07) is 10.5. The fourth-order valence-corrected chi connectivity index (χ4v) is 3.12. The van der Waals surface area contributed by atoms with E-state index in [4.69, 9.17) is 9.47 Å². The molecule has 0 aliphatic heterocycles. The maximum absolute atomic E-state index is 11.5. The number of esters is 1. The Labute approximate surface area is 172 Å². The molecule has 2 rings (SSSR count). The summed E-state index contributed by atoms with van der Waals surface area (Å²) in [7, 11) is 0. The van der Waals surface area contributed by atoms with Crippen LogP contribution in [-0.2, 0) is 16.0 Å². The quantitative estimate of drug-likeness (QED) is 0.530. The number of aryl methyl sites for hydroxylation is 2. The molecule has 0 aliphatic rings. The second-order valence-electron chi connectivity index (χ2n) is 7.17. The molecule has 29 heavy (non-hydrogen) atoms. The molecule has 0 fully saturated rings. The van der Waals surface area contributed by atoms with Gasteiger partial charge in [-0.3, -0.25) is 0 Å². The Morgan fingerprint density at radius 2 is 1.83 bits per heavy atom. The summed E-state index contributed by atoms with van der Waals surface area (Å²) < 4.78 is 10.5. The number of phenolic OH excluding ortho intramolecular Hbond substituents is 1. The minimum absolute atomic E-state index is 0.0955. The molecule has 0 saturated heterocycles. The van der Waals surface area contributed by atoms with Gasteiger partial charge in [0.25, 0.3) is 0 Å². The first kappa shape index (κ1) is 22.7. The highest BCUT2D eigenvalue weighted by atomic mass is 16.6. The Morgan fingerprint density at radius 3 is 2.48 bits per heavy atom. The summed E-state index contributed by atoms with van der Waals surface area (Å²) in [6.45, 7) is 8.62. The molecular weight excluding hydrogens is 370 g/mol. The molecule has 0 aliphatic carbocycles. The lowest BCUT2D eigenvalue weighted by Crippen LogP contribution is -2.33. The molecule has 6 nitrogen and oxygen atoms in total. The fourth-order valence-electron chi connectivity index (χ4n) is 3.12. The van der Waals surface area contributed by atoms with Crippen LogP contribution in [0.4, 0.5) is 0 Å². The standard InChI is InChI=1S/C23H31NO5/c1-5-28-22(26)14-29-21-13-15(2)19(12-16(21)3)10-11-24-17(4)23(27)18-6-8-20(25)9-7-18/h6-9,12-13,17,23-25,27H,5,10-11,14H2,1-4H3/t17-,23+/m0/s1. The van der Waals surface area contributed by atoms with Crippen molar-refractivity contribution in [2.24, 2.45) is 0 Å². The molecule has 0 unspecified atom stereocenters. The summed E-state index contributed by atoms with van der Waals surface area (Å²) >= 11 is 0. The number of carbonyl (C=O) groups is 1. The lowest BCUT2D eigenvalue weighted by molar-refractivity contribution is -0.145. The lowest BCUT2D eigenvalue weighted by Gasteiger charge is -2.21. The number of aromatic hydroxyl groups is 1. The summed E-state index contributed by atoms with van der Waals surface area (Å²) in [6.07, 6.45) is 0.148. The van der Waals surface area contributed by atoms with Gasteiger partial charge in [-0.1, -0.05) is 18.2 Å². The van der Waals surface area contributed by atoms with E-state index in [2.05, 4.69) is 11.4 Å². The van der Waals surface area contributed by atoms with Crippen LogP contribution < -0.4 is 10.1 Å². The molecule has 2 atom stereocenters. The second-order valence-corrected chi connectivity index (χ2v) is 7.17. The van der Waals surface area contributed by atoms with Crippen molar-refractivity contribution in [1.29, 1.82) is 0 Å². The van der Waals surface area contributed by atoms with Crippen LogP contribution in [0.15, 0.2) is 36.4 Å². The third kappa shape index (κ3) is 6.76. The number of carbonyl (C=O) groups excluding carboxylic acids is 1. The van der Waals surface area contributed by atoms with Gasteiger partial charge in [0, 0.05) is 6.04 Å². The second kappa shape index (κ2) is 10.8. The number of aliphatic hydroxyl groups is 1. The topological polar surface area (TPSA) is 88.0 Å². The molecule has 0 saturated carbocycles. The van der Waals surface area contributed by atoms with Crippen molar-refractivity contribution in [3.8, 4) is 11.5 Å². The van der Waals surface area contributed by atoms with Gasteiger partial charge < -0.3 is 25.0 Å². The zero-order valence-corrected chi connectivity index (χ0v) is 17.6. The van der Waals surface area contributed by atoms with E-state index in [1.807, 2.05) is 26.8 Å². The minimum atomic E-state index is -0.655. The predicted molar refractivity (Wildman–Crippen MR) is 112 cm³/mol. The van der Waals surface area contributed by atoms with Gasteiger partial charge in [-0.2, -0.15) is 0 Å². The number of rotatable bonds is 10. The van der Waals surface area contributed by atoms with Crippen LogP contribution in [0, 0.1) is 13.8 Å². The Hall–Kier alpha value is -2.57. The Balaban J connectivity index is 1.89. The first-order valence-electron chi connectivity index (χ1n) is 9.90. The minimum Gasteiger partial charge on any atom is -0.508 e. The van der Waals surface area contributed by atoms with Crippen molar-refractivity contribution >= 4 is 5.97 Å².